The van der Waals surface area contributed by atoms with Gasteiger partial charge >= 0.3 is 6.09 Å². The van der Waals surface area contributed by atoms with Crippen molar-refractivity contribution in [3.8, 4) is 0 Å². The summed E-state index contributed by atoms with van der Waals surface area (Å²) in [7, 11) is 1.56. The number of rotatable bonds is 2. The van der Waals surface area contributed by atoms with Gasteiger partial charge in [-0.2, -0.15) is 0 Å². The first-order chi connectivity index (χ1) is 7.82. The highest BCUT2D eigenvalue weighted by atomic mass is 16.6. The van der Waals surface area contributed by atoms with E-state index >= 15 is 0 Å². The van der Waals surface area contributed by atoms with Crippen LogP contribution >= 0.6 is 0 Å². The number of amides is 1. The van der Waals surface area contributed by atoms with Crippen molar-refractivity contribution in [2.45, 2.75) is 44.8 Å². The topological polar surface area (TPSA) is 59.0 Å². The van der Waals surface area contributed by atoms with E-state index in [9.17, 15) is 9.90 Å². The Morgan fingerprint density at radius 3 is 2.59 bits per heavy atom. The Labute approximate surface area is 103 Å². The number of nitrogens with zero attached hydrogens (tertiary/aromatic N) is 1. The lowest BCUT2D eigenvalue weighted by Gasteiger charge is -2.40. The number of aliphatic hydroxyl groups excluding tert-OH is 1. The van der Waals surface area contributed by atoms with Crippen LogP contribution in [0.3, 0.4) is 0 Å². The lowest BCUT2D eigenvalue weighted by molar-refractivity contribution is -0.0954. The van der Waals surface area contributed by atoms with E-state index in [-0.39, 0.29) is 12.7 Å². The summed E-state index contributed by atoms with van der Waals surface area (Å²) in [6.45, 7) is 6.47. The molecule has 1 fully saturated rings. The van der Waals surface area contributed by atoms with Gasteiger partial charge in [0, 0.05) is 13.7 Å². The van der Waals surface area contributed by atoms with Gasteiger partial charge in [-0.25, -0.2) is 4.79 Å². The quantitative estimate of drug-likeness (QED) is 0.798. The summed E-state index contributed by atoms with van der Waals surface area (Å²) in [6, 6.07) is 0. The molecule has 0 aromatic rings. The Morgan fingerprint density at radius 2 is 2.12 bits per heavy atom. The largest absolute Gasteiger partial charge is 0.444 e. The maximum Gasteiger partial charge on any atom is 0.410 e. The standard InChI is InChI=1S/C12H23NO4/c1-11(2,3)17-10(15)13-7-5-6-12(8-13,9-14)16-4/h14H,5-9H2,1-4H3. The molecule has 1 aliphatic heterocycles. The zero-order valence-electron chi connectivity index (χ0n) is 11.2. The van der Waals surface area contributed by atoms with Gasteiger partial charge in [0.15, 0.2) is 0 Å². The molecule has 0 aromatic carbocycles. The molecular formula is C12H23NO4. The molecule has 0 saturated carbocycles. The summed E-state index contributed by atoms with van der Waals surface area (Å²) in [4.78, 5) is 13.5. The van der Waals surface area contributed by atoms with Gasteiger partial charge < -0.3 is 19.5 Å². The first-order valence-corrected chi connectivity index (χ1v) is 5.96. The van der Waals surface area contributed by atoms with Crippen molar-refractivity contribution in [3.63, 3.8) is 0 Å². The van der Waals surface area contributed by atoms with Crippen LogP contribution in [-0.4, -0.2) is 54.1 Å². The number of hydrogen-bond acceptors (Lipinski definition) is 4. The molecule has 5 nitrogen and oxygen atoms in total. The van der Waals surface area contributed by atoms with Crippen LogP contribution in [0.15, 0.2) is 0 Å². The molecule has 100 valence electrons. The maximum atomic E-state index is 11.9. The molecule has 1 unspecified atom stereocenters. The molecule has 0 aromatic heterocycles. The average Bonchev–Trinajstić information content (AvgIpc) is 2.27. The molecule has 1 aliphatic rings. The summed E-state index contributed by atoms with van der Waals surface area (Å²) in [5, 5.41) is 9.37. The number of ether oxygens (including phenoxy) is 2. The second-order valence-electron chi connectivity index (χ2n) is 5.55. The fraction of sp³-hybridized carbons (Fsp3) is 0.917. The van der Waals surface area contributed by atoms with E-state index in [2.05, 4.69) is 0 Å². The summed E-state index contributed by atoms with van der Waals surface area (Å²) < 4.78 is 10.6. The maximum absolute atomic E-state index is 11.9. The molecule has 1 saturated heterocycles. The van der Waals surface area contributed by atoms with Gasteiger partial charge in [0.2, 0.25) is 0 Å². The van der Waals surface area contributed by atoms with Crippen molar-refractivity contribution in [2.24, 2.45) is 0 Å². The Balaban J connectivity index is 2.63. The van der Waals surface area contributed by atoms with Gasteiger partial charge in [-0.3, -0.25) is 0 Å². The van der Waals surface area contributed by atoms with Crippen LogP contribution < -0.4 is 0 Å². The van der Waals surface area contributed by atoms with Gasteiger partial charge in [0.1, 0.15) is 11.2 Å². The van der Waals surface area contributed by atoms with Crippen molar-refractivity contribution in [1.29, 1.82) is 0 Å². The van der Waals surface area contributed by atoms with E-state index in [4.69, 9.17) is 9.47 Å². The molecule has 1 heterocycles. The SMILES string of the molecule is COC1(CO)CCCN(C(=O)OC(C)(C)C)C1. The van der Waals surface area contributed by atoms with Gasteiger partial charge in [-0.15, -0.1) is 0 Å². The predicted octanol–water partition coefficient (Wildman–Crippen LogP) is 1.39. The molecule has 0 radical (unpaired) electrons. The van der Waals surface area contributed by atoms with Gasteiger partial charge in [-0.05, 0) is 33.6 Å². The molecule has 1 amide bonds. The number of aliphatic hydroxyl groups is 1. The lowest BCUT2D eigenvalue weighted by Crippen LogP contribution is -2.54. The zero-order valence-corrected chi connectivity index (χ0v) is 11.2. The Hall–Kier alpha value is -0.810. The first-order valence-electron chi connectivity index (χ1n) is 5.96. The molecule has 5 heteroatoms. The van der Waals surface area contributed by atoms with Crippen LogP contribution in [-0.2, 0) is 9.47 Å². The highest BCUT2D eigenvalue weighted by molar-refractivity contribution is 5.68. The van der Waals surface area contributed by atoms with E-state index in [1.54, 1.807) is 12.0 Å². The van der Waals surface area contributed by atoms with Crippen molar-refractivity contribution < 1.29 is 19.4 Å². The van der Waals surface area contributed by atoms with Crippen molar-refractivity contribution in [2.75, 3.05) is 26.8 Å². The predicted molar refractivity (Wildman–Crippen MR) is 63.9 cm³/mol. The fourth-order valence-electron chi connectivity index (χ4n) is 1.94. The summed E-state index contributed by atoms with van der Waals surface area (Å²) in [5.41, 5.74) is -1.13. The summed E-state index contributed by atoms with van der Waals surface area (Å²) in [6.07, 6.45) is 1.24. The second-order valence-corrected chi connectivity index (χ2v) is 5.55. The van der Waals surface area contributed by atoms with Crippen molar-refractivity contribution >= 4 is 6.09 Å². The van der Waals surface area contributed by atoms with Crippen LogP contribution in [0.1, 0.15) is 33.6 Å². The normalized spacial score (nSPS) is 25.8. The Morgan fingerprint density at radius 1 is 1.47 bits per heavy atom. The fourth-order valence-corrected chi connectivity index (χ4v) is 1.94. The molecule has 1 N–H and O–H groups in total. The monoisotopic (exact) mass is 245 g/mol. The number of methoxy groups -OCH3 is 1. The zero-order chi connectivity index (χ0) is 13.1. The second kappa shape index (κ2) is 5.23. The van der Waals surface area contributed by atoms with E-state index in [1.165, 1.54) is 0 Å². The molecular weight excluding hydrogens is 222 g/mol. The van der Waals surface area contributed by atoms with E-state index in [0.717, 1.165) is 12.8 Å². The minimum absolute atomic E-state index is 0.0806. The smallest absolute Gasteiger partial charge is 0.410 e. The van der Waals surface area contributed by atoms with Crippen LogP contribution in [0.5, 0.6) is 0 Å². The molecule has 1 rings (SSSR count). The van der Waals surface area contributed by atoms with Crippen LogP contribution in [0.2, 0.25) is 0 Å². The Kier molecular flexibility index (Phi) is 4.38. The number of carbonyl (C=O) groups is 1. The van der Waals surface area contributed by atoms with Gasteiger partial charge in [0.05, 0.1) is 13.2 Å². The minimum Gasteiger partial charge on any atom is -0.444 e. The third-order valence-corrected chi connectivity index (χ3v) is 2.91. The number of hydrogen-bond donors (Lipinski definition) is 1. The van der Waals surface area contributed by atoms with Gasteiger partial charge in [-0.1, -0.05) is 0 Å². The van der Waals surface area contributed by atoms with Crippen LogP contribution in [0, 0.1) is 0 Å². The average molecular weight is 245 g/mol. The highest BCUT2D eigenvalue weighted by Crippen LogP contribution is 2.25. The number of carbonyl (C=O) groups excluding carboxylic acids is 1. The number of piperidine rings is 1. The lowest BCUT2D eigenvalue weighted by atomic mass is 9.94. The highest BCUT2D eigenvalue weighted by Gasteiger charge is 2.38. The van der Waals surface area contributed by atoms with Crippen LogP contribution in [0.25, 0.3) is 0 Å². The van der Waals surface area contributed by atoms with E-state index < -0.39 is 11.2 Å². The molecule has 0 spiro atoms. The summed E-state index contributed by atoms with van der Waals surface area (Å²) >= 11 is 0. The van der Waals surface area contributed by atoms with E-state index in [0.29, 0.717) is 13.1 Å². The van der Waals surface area contributed by atoms with E-state index in [1.807, 2.05) is 20.8 Å². The first kappa shape index (κ1) is 14.3. The molecule has 17 heavy (non-hydrogen) atoms. The number of likely N-dealkylation sites (tertiary alicyclic amines) is 1. The minimum atomic E-state index is -0.630. The molecule has 0 aliphatic carbocycles. The van der Waals surface area contributed by atoms with Crippen molar-refractivity contribution in [1.82, 2.24) is 4.90 Å². The molecule has 0 bridgehead atoms. The van der Waals surface area contributed by atoms with Crippen LogP contribution in [0.4, 0.5) is 4.79 Å². The molecule has 1 atom stereocenters. The third kappa shape index (κ3) is 3.85. The Bertz CT molecular complexity index is 268. The van der Waals surface area contributed by atoms with Gasteiger partial charge in [0.25, 0.3) is 0 Å². The summed E-state index contributed by atoms with van der Waals surface area (Å²) in [5.74, 6) is 0. The third-order valence-electron chi connectivity index (χ3n) is 2.91. The van der Waals surface area contributed by atoms with Crippen molar-refractivity contribution in [3.05, 3.63) is 0 Å².